The van der Waals surface area contributed by atoms with Crippen molar-refractivity contribution in [3.63, 3.8) is 0 Å². The lowest BCUT2D eigenvalue weighted by atomic mass is 10.0. The fraction of sp³-hybridized carbons (Fsp3) is 0.848. The Morgan fingerprint density at radius 3 is 1.07 bits per heavy atom. The molecule has 4 N–H and O–H groups in total. The summed E-state index contributed by atoms with van der Waals surface area (Å²) in [4.78, 5) is 73.9. The molecular weight excluding hydrogens is 1040 g/mol. The highest BCUT2D eigenvalue weighted by Gasteiger charge is 2.24. The van der Waals surface area contributed by atoms with Crippen LogP contribution in [0.2, 0.25) is 0 Å². The van der Waals surface area contributed by atoms with Crippen LogP contribution in [0.1, 0.15) is 258 Å². The number of amides is 2. The molecule has 16 nitrogen and oxygen atoms in total. The number of aliphatic hydroxyl groups is 2. The number of nitrogens with one attached hydrogen (secondary N) is 2. The fourth-order valence-corrected chi connectivity index (χ4v) is 9.18. The molecule has 0 rings (SSSR count). The van der Waals surface area contributed by atoms with Crippen molar-refractivity contribution in [1.29, 1.82) is 0 Å². The molecule has 0 aromatic heterocycles. The van der Waals surface area contributed by atoms with Crippen LogP contribution in [-0.4, -0.2) is 161 Å². The fourth-order valence-electron chi connectivity index (χ4n) is 9.18. The van der Waals surface area contributed by atoms with Crippen LogP contribution >= 0.6 is 0 Å². The monoisotopic (exact) mass is 1160 g/mol. The highest BCUT2D eigenvalue weighted by atomic mass is 16.6. The molecular formula is C66H124N4O12+2. The normalized spacial score (nSPS) is 13.4. The van der Waals surface area contributed by atoms with Gasteiger partial charge in [-0.2, -0.15) is 0 Å². The third-order valence-electron chi connectivity index (χ3n) is 14.6. The minimum absolute atomic E-state index is 0.122. The van der Waals surface area contributed by atoms with Crippen LogP contribution in [0.4, 0.5) is 0 Å². The van der Waals surface area contributed by atoms with Crippen molar-refractivity contribution in [2.75, 3.05) is 81.7 Å². The third kappa shape index (κ3) is 54.1. The molecule has 0 bridgehead atoms. The lowest BCUT2D eigenvalue weighted by Gasteiger charge is -2.23. The average Bonchev–Trinajstić information content (AvgIpc) is 3.41. The molecule has 0 saturated carbocycles. The van der Waals surface area contributed by atoms with E-state index in [0.29, 0.717) is 73.5 Å². The first-order valence-electron chi connectivity index (χ1n) is 32.8. The van der Waals surface area contributed by atoms with Crippen LogP contribution in [0.15, 0.2) is 24.3 Å². The number of hydrogen-bond acceptors (Lipinski definition) is 12. The predicted octanol–water partition coefficient (Wildman–Crippen LogP) is 12.2. The number of ether oxygens (including phenoxy) is 4. The Bertz CT molecular complexity index is 1560. The molecule has 0 aliphatic heterocycles. The molecule has 82 heavy (non-hydrogen) atoms. The predicted molar refractivity (Wildman–Crippen MR) is 331 cm³/mol. The molecule has 0 fully saturated rings. The minimum atomic E-state index is -0.765. The van der Waals surface area contributed by atoms with Gasteiger partial charge >= 0.3 is 23.9 Å². The van der Waals surface area contributed by atoms with Crippen LogP contribution in [-0.2, 0) is 47.7 Å². The van der Waals surface area contributed by atoms with Crippen molar-refractivity contribution in [2.45, 2.75) is 282 Å². The second kappa shape index (κ2) is 52.7. The number of aliphatic hydroxyl groups excluding tert-OH is 2. The Morgan fingerprint density at radius 2 is 0.720 bits per heavy atom. The van der Waals surface area contributed by atoms with Crippen molar-refractivity contribution >= 4 is 35.7 Å². The summed E-state index contributed by atoms with van der Waals surface area (Å²) in [5, 5.41) is 27.9. The van der Waals surface area contributed by atoms with Gasteiger partial charge in [-0.15, -0.1) is 0 Å². The topological polar surface area (TPSA) is 204 Å². The number of rotatable bonds is 57. The lowest BCUT2D eigenvalue weighted by molar-refractivity contribution is -0.870. The second-order valence-electron chi connectivity index (χ2n) is 24.9. The largest absolute Gasteiger partial charge is 0.460 e. The minimum Gasteiger partial charge on any atom is -0.460 e. The smallest absolute Gasteiger partial charge is 0.306 e. The van der Waals surface area contributed by atoms with Crippen LogP contribution in [0.5, 0.6) is 0 Å². The zero-order chi connectivity index (χ0) is 61.0. The number of nitrogens with zero attached hydrogens (tertiary/aromatic N) is 2. The molecule has 16 heteroatoms. The molecule has 0 aromatic carbocycles. The third-order valence-corrected chi connectivity index (χ3v) is 14.6. The molecule has 478 valence electrons. The van der Waals surface area contributed by atoms with Crippen LogP contribution in [0, 0.1) is 0 Å². The zero-order valence-corrected chi connectivity index (χ0v) is 53.6. The molecule has 0 spiro atoms. The molecule has 0 aromatic rings. The summed E-state index contributed by atoms with van der Waals surface area (Å²) < 4.78 is 23.4. The van der Waals surface area contributed by atoms with Gasteiger partial charge in [0.25, 0.3) is 0 Å². The van der Waals surface area contributed by atoms with E-state index in [1.807, 2.05) is 54.4 Å². The molecule has 0 radical (unpaired) electrons. The van der Waals surface area contributed by atoms with Gasteiger partial charge in [0.1, 0.15) is 38.5 Å². The summed E-state index contributed by atoms with van der Waals surface area (Å²) in [7, 11) is 12.2. The summed E-state index contributed by atoms with van der Waals surface area (Å²) in [6, 6.07) is 0. The molecule has 4 atom stereocenters. The number of likely N-dealkylation sites (N-methyl/N-ethyl adjacent to an activating group) is 2. The van der Waals surface area contributed by atoms with Gasteiger partial charge < -0.3 is 48.8 Å². The SMILES string of the molecule is CCCCCC(OC(=O)CCCC(=O)OCC[N+](C)(C)C)C(O)CC=CCCCCCCCC(=O)NCCCCCCCCCCNC(=O)CCCCCCCC=CCC(O)C(CCCCC)OC(=O)CCCC(=O)OCC[N+](C)(C)C. The van der Waals surface area contributed by atoms with E-state index < -0.39 is 24.4 Å². The summed E-state index contributed by atoms with van der Waals surface area (Å²) in [6.07, 6.45) is 37.2. The maximum absolute atomic E-state index is 12.6. The number of allylic oxidation sites excluding steroid dienone is 2. The van der Waals surface area contributed by atoms with E-state index in [4.69, 9.17) is 18.9 Å². The van der Waals surface area contributed by atoms with E-state index in [-0.39, 0.29) is 61.4 Å². The number of carbonyl (C=O) groups is 6. The number of esters is 4. The molecule has 2 amide bonds. The highest BCUT2D eigenvalue weighted by Crippen LogP contribution is 2.19. The Labute approximate surface area is 499 Å². The maximum atomic E-state index is 12.6. The quantitative estimate of drug-likeness (QED) is 0.0148. The van der Waals surface area contributed by atoms with Gasteiger partial charge in [-0.25, -0.2) is 0 Å². The van der Waals surface area contributed by atoms with E-state index in [1.165, 1.54) is 25.7 Å². The summed E-state index contributed by atoms with van der Waals surface area (Å²) >= 11 is 0. The maximum Gasteiger partial charge on any atom is 0.306 e. The second-order valence-corrected chi connectivity index (χ2v) is 24.9. The van der Waals surface area contributed by atoms with Gasteiger partial charge in [0.05, 0.1) is 54.5 Å². The van der Waals surface area contributed by atoms with Crippen LogP contribution in [0.3, 0.4) is 0 Å². The Balaban J connectivity index is 3.88. The Kier molecular flexibility index (Phi) is 50.2. The molecule has 0 aliphatic carbocycles. The number of quaternary nitrogens is 2. The number of hydrogen-bond donors (Lipinski definition) is 4. The van der Waals surface area contributed by atoms with Crippen LogP contribution in [0.25, 0.3) is 0 Å². The van der Waals surface area contributed by atoms with E-state index in [1.54, 1.807) is 0 Å². The summed E-state index contributed by atoms with van der Waals surface area (Å²) in [5.74, 6) is -1.09. The van der Waals surface area contributed by atoms with Gasteiger partial charge in [-0.1, -0.05) is 141 Å². The van der Waals surface area contributed by atoms with Crippen molar-refractivity contribution in [1.82, 2.24) is 10.6 Å². The van der Waals surface area contributed by atoms with Crippen molar-refractivity contribution in [2.24, 2.45) is 0 Å². The van der Waals surface area contributed by atoms with Gasteiger partial charge in [-0.3, -0.25) is 28.8 Å². The van der Waals surface area contributed by atoms with Crippen molar-refractivity contribution in [3.8, 4) is 0 Å². The average molecular weight is 1170 g/mol. The highest BCUT2D eigenvalue weighted by molar-refractivity contribution is 5.76. The molecule has 0 saturated heterocycles. The van der Waals surface area contributed by atoms with Gasteiger partial charge in [0, 0.05) is 51.6 Å². The molecule has 0 heterocycles. The number of carbonyl (C=O) groups excluding carboxylic acids is 6. The lowest BCUT2D eigenvalue weighted by Crippen LogP contribution is -2.38. The first-order chi connectivity index (χ1) is 39.3. The zero-order valence-electron chi connectivity index (χ0n) is 53.6. The van der Waals surface area contributed by atoms with E-state index >= 15 is 0 Å². The molecule has 4 unspecified atom stereocenters. The van der Waals surface area contributed by atoms with Crippen molar-refractivity contribution in [3.05, 3.63) is 24.3 Å². The van der Waals surface area contributed by atoms with E-state index in [0.717, 1.165) is 167 Å². The van der Waals surface area contributed by atoms with E-state index in [2.05, 4.69) is 36.6 Å². The Morgan fingerprint density at radius 1 is 0.390 bits per heavy atom. The first-order valence-corrected chi connectivity index (χ1v) is 32.8. The Hall–Kier alpha value is -3.86. The van der Waals surface area contributed by atoms with Gasteiger partial charge in [0.15, 0.2) is 0 Å². The molecule has 0 aliphatic rings. The summed E-state index contributed by atoms with van der Waals surface area (Å²) in [6.45, 7) is 7.87. The number of unbranched alkanes of at least 4 members (excludes halogenated alkanes) is 21. The first kappa shape index (κ1) is 78.1. The van der Waals surface area contributed by atoms with Crippen molar-refractivity contribution < 1.29 is 66.9 Å². The standard InChI is InChI=1S/C66H122N4O12/c1-9-11-31-43-59(81-65(77)49-39-47-63(75)79-55-53-69(3,4)5)57(71)41-33-25-19-13-15-21-27-35-45-61(73)67-51-37-29-23-17-18-24-30-38-52-68-62(74)46-36-28-22-16-14-20-26-34-42-58(72)60(44-32-12-10-2)82-66(78)50-40-48-64(76)80-56-54-70(6,7)8/h25-26,33-34,57-60,71-72H,9-24,27-32,35-56H2,1-8H3/p+2. The van der Waals surface area contributed by atoms with Gasteiger partial charge in [-0.05, 0) is 103 Å². The van der Waals surface area contributed by atoms with E-state index in [9.17, 15) is 39.0 Å². The summed E-state index contributed by atoms with van der Waals surface area (Å²) in [5.41, 5.74) is 0. The van der Waals surface area contributed by atoms with Gasteiger partial charge in [0.2, 0.25) is 11.8 Å². The van der Waals surface area contributed by atoms with Crippen LogP contribution < -0.4 is 10.6 Å².